The van der Waals surface area contributed by atoms with Gasteiger partial charge in [0.2, 0.25) is 0 Å². The molecule has 0 saturated carbocycles. The average molecular weight is 795 g/mol. The zero-order valence-electron chi connectivity index (χ0n) is 27.0. The van der Waals surface area contributed by atoms with E-state index in [9.17, 15) is 84.2 Å². The lowest BCUT2D eigenvalue weighted by atomic mass is 9.88. The predicted molar refractivity (Wildman–Crippen MR) is 144 cm³/mol. The van der Waals surface area contributed by atoms with Crippen LogP contribution in [-0.4, -0.2) is 116 Å². The minimum absolute atomic E-state index is 0.0652. The molecule has 0 aromatic carbocycles. The van der Waals surface area contributed by atoms with Gasteiger partial charge in [0.05, 0.1) is 53.7 Å². The molecular formula is C27H37F17NO4S+. The summed E-state index contributed by atoms with van der Waals surface area (Å²) in [7, 11) is 5.09. The molecule has 1 unspecified atom stereocenters. The Morgan fingerprint density at radius 3 is 1.50 bits per heavy atom. The van der Waals surface area contributed by atoms with Gasteiger partial charge in [0.1, 0.15) is 5.25 Å². The number of quaternary nitrogens is 1. The van der Waals surface area contributed by atoms with E-state index < -0.39 is 84.3 Å². The number of rotatable bonds is 23. The number of thioether (sulfide) groups is 1. The molecule has 23 heteroatoms. The predicted octanol–water partition coefficient (Wildman–Crippen LogP) is 9.03. The van der Waals surface area contributed by atoms with Crippen LogP contribution in [0.3, 0.4) is 0 Å². The number of carbonyl (C=O) groups excluding carboxylic acids is 2. The normalized spacial score (nSPS) is 15.2. The molecule has 0 aromatic rings. The van der Waals surface area contributed by atoms with Crippen molar-refractivity contribution in [1.82, 2.24) is 0 Å². The third kappa shape index (κ3) is 11.0. The Morgan fingerprint density at radius 2 is 1.04 bits per heavy atom. The van der Waals surface area contributed by atoms with Gasteiger partial charge in [-0.1, -0.05) is 39.0 Å². The van der Waals surface area contributed by atoms with Crippen molar-refractivity contribution in [3.05, 3.63) is 0 Å². The van der Waals surface area contributed by atoms with Gasteiger partial charge in [-0.15, -0.1) is 11.8 Å². The van der Waals surface area contributed by atoms with Crippen LogP contribution in [0.15, 0.2) is 0 Å². The van der Waals surface area contributed by atoms with Crippen LogP contribution in [0.25, 0.3) is 0 Å². The monoisotopic (exact) mass is 794 g/mol. The summed E-state index contributed by atoms with van der Waals surface area (Å²) < 4.78 is 239. The number of alkyl halides is 17. The summed E-state index contributed by atoms with van der Waals surface area (Å²) >= 11 is 0.676. The number of hydrogen-bond acceptors (Lipinski definition) is 5. The quantitative estimate of drug-likeness (QED) is 0.0448. The molecule has 0 aliphatic rings. The number of hydrogen-bond donors (Lipinski definition) is 0. The summed E-state index contributed by atoms with van der Waals surface area (Å²) in [6.07, 6.45) is -6.73. The Morgan fingerprint density at radius 1 is 0.600 bits per heavy atom. The van der Waals surface area contributed by atoms with Crippen LogP contribution >= 0.6 is 11.8 Å². The molecule has 0 aliphatic carbocycles. The summed E-state index contributed by atoms with van der Waals surface area (Å²) in [5, 5.41) is -1.60. The van der Waals surface area contributed by atoms with Crippen LogP contribution in [-0.2, 0) is 19.1 Å². The van der Waals surface area contributed by atoms with Gasteiger partial charge in [-0.3, -0.25) is 9.59 Å². The first-order valence-electron chi connectivity index (χ1n) is 14.6. The molecule has 0 aliphatic heterocycles. The third-order valence-corrected chi connectivity index (χ3v) is 8.08. The van der Waals surface area contributed by atoms with Crippen LogP contribution in [0.1, 0.15) is 58.3 Å². The number of unbranched alkanes of at least 4 members (excludes halogenated alkanes) is 5. The van der Waals surface area contributed by atoms with Crippen LogP contribution in [0.5, 0.6) is 0 Å². The molecule has 0 bridgehead atoms. The number of carbonyl (C=O) groups is 2. The van der Waals surface area contributed by atoms with Gasteiger partial charge in [-0.2, -0.15) is 74.6 Å². The van der Waals surface area contributed by atoms with Crippen molar-refractivity contribution in [2.75, 3.05) is 46.7 Å². The van der Waals surface area contributed by atoms with Crippen LogP contribution in [0, 0.1) is 0 Å². The molecule has 0 heterocycles. The molecule has 1 atom stereocenters. The van der Waals surface area contributed by atoms with Crippen molar-refractivity contribution in [2.24, 2.45) is 0 Å². The van der Waals surface area contributed by atoms with Crippen molar-refractivity contribution in [2.45, 2.75) is 111 Å². The molecule has 0 aromatic heterocycles. The van der Waals surface area contributed by atoms with E-state index in [0.717, 1.165) is 25.7 Å². The van der Waals surface area contributed by atoms with Gasteiger partial charge in [0, 0.05) is 5.75 Å². The van der Waals surface area contributed by atoms with Gasteiger partial charge in [-0.25, -0.2) is 0 Å². The van der Waals surface area contributed by atoms with Crippen molar-refractivity contribution in [3.63, 3.8) is 0 Å². The zero-order chi connectivity index (χ0) is 39.8. The molecule has 0 radical (unpaired) electrons. The molecule has 0 amide bonds. The summed E-state index contributed by atoms with van der Waals surface area (Å²) in [5.41, 5.74) is 0. The minimum atomic E-state index is -8.73. The number of ether oxygens (including phenoxy) is 2. The molecule has 0 spiro atoms. The average Bonchev–Trinajstić information content (AvgIpc) is 2.94. The Hall–Kier alpha value is -1.94. The lowest BCUT2D eigenvalue weighted by Gasteiger charge is -2.42. The fourth-order valence-corrected chi connectivity index (χ4v) is 5.08. The maximum atomic E-state index is 14.2. The maximum Gasteiger partial charge on any atom is 0.460 e. The van der Waals surface area contributed by atoms with E-state index in [4.69, 9.17) is 4.74 Å². The van der Waals surface area contributed by atoms with Crippen molar-refractivity contribution in [1.29, 1.82) is 0 Å². The van der Waals surface area contributed by atoms with E-state index in [2.05, 4.69) is 4.74 Å². The number of halogens is 17. The van der Waals surface area contributed by atoms with Crippen LogP contribution < -0.4 is 0 Å². The Kier molecular flexibility index (Phi) is 16.6. The lowest BCUT2D eigenvalue weighted by Crippen LogP contribution is -2.74. The second kappa shape index (κ2) is 17.3. The van der Waals surface area contributed by atoms with Gasteiger partial charge < -0.3 is 14.0 Å². The van der Waals surface area contributed by atoms with Crippen LogP contribution in [0.4, 0.5) is 74.6 Å². The van der Waals surface area contributed by atoms with E-state index in [1.807, 2.05) is 6.92 Å². The second-order valence-electron chi connectivity index (χ2n) is 12.1. The zero-order valence-corrected chi connectivity index (χ0v) is 27.8. The molecule has 0 N–H and O–H groups in total. The summed E-state index contributed by atoms with van der Waals surface area (Å²) in [6, 6.07) is 0. The van der Waals surface area contributed by atoms with Crippen molar-refractivity contribution in [3.8, 4) is 0 Å². The highest BCUT2D eigenvalue weighted by Gasteiger charge is 2.95. The molecule has 298 valence electrons. The highest BCUT2D eigenvalue weighted by molar-refractivity contribution is 8.00. The second-order valence-corrected chi connectivity index (χ2v) is 13.4. The standard InChI is InChI=1S/C27H37F17NO4S/c1-5-6-7-8-9-10-13-48-18(46)16-17(50-15-12-45(2,3)4)19(47)49-14-11-20(28,29)21(30,31)22(32,33)23(34,35)24(36,37)25(38,39)26(40,41)27(42,43)44/h17H,5-16H2,1-4H3/q+1. The first kappa shape index (κ1) is 48.1. The summed E-state index contributed by atoms with van der Waals surface area (Å²) in [4.78, 5) is 24.8. The van der Waals surface area contributed by atoms with Gasteiger partial charge >= 0.3 is 59.6 Å². The van der Waals surface area contributed by atoms with Gasteiger partial charge in [0.25, 0.3) is 0 Å². The van der Waals surface area contributed by atoms with Crippen molar-refractivity contribution < 1.29 is 98.2 Å². The Labute approximate surface area is 280 Å². The molecule has 0 saturated heterocycles. The van der Waals surface area contributed by atoms with E-state index in [1.54, 1.807) is 21.1 Å². The highest BCUT2D eigenvalue weighted by atomic mass is 32.2. The van der Waals surface area contributed by atoms with E-state index in [0.29, 0.717) is 31.1 Å². The fraction of sp³-hybridized carbons (Fsp3) is 0.926. The molecular weight excluding hydrogens is 757 g/mol. The third-order valence-electron chi connectivity index (χ3n) is 6.90. The smallest absolute Gasteiger partial charge is 0.460 e. The molecule has 0 rings (SSSR count). The Bertz CT molecular complexity index is 1100. The Balaban J connectivity index is 5.89. The van der Waals surface area contributed by atoms with Crippen LogP contribution in [0.2, 0.25) is 0 Å². The maximum absolute atomic E-state index is 14.2. The molecule has 50 heavy (non-hydrogen) atoms. The number of nitrogens with zero attached hydrogens (tertiary/aromatic N) is 1. The largest absolute Gasteiger partial charge is 0.466 e. The van der Waals surface area contributed by atoms with Gasteiger partial charge in [-0.05, 0) is 6.42 Å². The summed E-state index contributed by atoms with van der Waals surface area (Å²) in [6.45, 7) is 0.116. The first-order valence-corrected chi connectivity index (χ1v) is 15.7. The van der Waals surface area contributed by atoms with Crippen molar-refractivity contribution >= 4 is 23.7 Å². The van der Waals surface area contributed by atoms with Gasteiger partial charge in [0.15, 0.2) is 0 Å². The highest BCUT2D eigenvalue weighted by Crippen LogP contribution is 2.64. The number of esters is 2. The molecule has 5 nitrogen and oxygen atoms in total. The topological polar surface area (TPSA) is 52.6 Å². The minimum Gasteiger partial charge on any atom is -0.466 e. The lowest BCUT2D eigenvalue weighted by molar-refractivity contribution is -0.867. The fourth-order valence-electron chi connectivity index (χ4n) is 3.68. The SMILES string of the molecule is CCCCCCCCOC(=O)CC(SCC[N+](C)(C)C)C(=O)OCCC(F)(F)C(F)(F)C(F)(F)C(F)(F)C(F)(F)C(F)(F)C(F)(F)C(F)(F)F. The first-order chi connectivity index (χ1) is 22.2. The van der Waals surface area contributed by atoms with E-state index >= 15 is 0 Å². The molecule has 0 fully saturated rings. The van der Waals surface area contributed by atoms with E-state index in [1.165, 1.54) is 0 Å². The van der Waals surface area contributed by atoms with E-state index in [-0.39, 0.29) is 16.8 Å². The summed E-state index contributed by atoms with van der Waals surface area (Å²) in [5.74, 6) is -59.8.